The summed E-state index contributed by atoms with van der Waals surface area (Å²) in [5.74, 6) is 0. The molecule has 48 valence electrons. The molecule has 0 amide bonds. The van der Waals surface area contributed by atoms with Crippen LogP contribution in [0, 0.1) is 0 Å². The molecule has 1 nitrogen and oxygen atoms in total. The average molecular weight is 160 g/mol. The second-order valence-electron chi connectivity index (χ2n) is 1.60. The minimum absolute atomic E-state index is 0.877. The highest BCUT2D eigenvalue weighted by atomic mass is 35.5. The summed E-state index contributed by atoms with van der Waals surface area (Å²) in [6.07, 6.45) is 0. The van der Waals surface area contributed by atoms with Crippen molar-refractivity contribution in [2.24, 2.45) is 0 Å². The van der Waals surface area contributed by atoms with Gasteiger partial charge in [0.1, 0.15) is 0 Å². The van der Waals surface area contributed by atoms with Crippen molar-refractivity contribution in [3.05, 3.63) is 30.3 Å². The van der Waals surface area contributed by atoms with Crippen LogP contribution in [-0.2, 0) is 0 Å². The highest BCUT2D eigenvalue weighted by molar-refractivity contribution is 7.83. The summed E-state index contributed by atoms with van der Waals surface area (Å²) in [4.78, 5) is 0. The number of para-hydroxylation sites is 1. The molecule has 0 saturated heterocycles. The fourth-order valence-corrected chi connectivity index (χ4v) is 0.797. The largest absolute Gasteiger partial charge is 0.230 e. The standard InChI is InChI=1S/C6H6ClNS/c7-8(9)6-4-2-1-3-5-6/h1-5,9H. The van der Waals surface area contributed by atoms with E-state index in [2.05, 4.69) is 12.8 Å². The first-order valence-corrected chi connectivity index (χ1v) is 3.24. The molecule has 0 aliphatic rings. The average Bonchev–Trinajstić information content (AvgIpc) is 1.90. The van der Waals surface area contributed by atoms with Crippen molar-refractivity contribution in [1.82, 2.24) is 0 Å². The van der Waals surface area contributed by atoms with E-state index in [0.717, 1.165) is 5.69 Å². The summed E-state index contributed by atoms with van der Waals surface area (Å²) >= 11 is 9.39. The topological polar surface area (TPSA) is 3.24 Å². The number of nitrogens with zero attached hydrogens (tertiary/aromatic N) is 1. The molecule has 0 aliphatic carbocycles. The Kier molecular flexibility index (Phi) is 2.25. The number of hydrogen-bond acceptors (Lipinski definition) is 2. The summed E-state index contributed by atoms with van der Waals surface area (Å²) in [5, 5.41) is 0. The van der Waals surface area contributed by atoms with Crippen LogP contribution in [0.5, 0.6) is 0 Å². The lowest BCUT2D eigenvalue weighted by atomic mass is 10.3. The van der Waals surface area contributed by atoms with E-state index < -0.39 is 0 Å². The van der Waals surface area contributed by atoms with Crippen molar-refractivity contribution < 1.29 is 0 Å². The van der Waals surface area contributed by atoms with Gasteiger partial charge in [-0.1, -0.05) is 18.2 Å². The highest BCUT2D eigenvalue weighted by Gasteiger charge is 1.91. The lowest BCUT2D eigenvalue weighted by Crippen LogP contribution is -1.89. The molecule has 0 saturated carbocycles. The van der Waals surface area contributed by atoms with Crippen LogP contribution in [0.2, 0.25) is 0 Å². The molecule has 0 radical (unpaired) electrons. The minimum atomic E-state index is 0.877. The Balaban J connectivity index is 2.85. The monoisotopic (exact) mass is 159 g/mol. The third kappa shape index (κ3) is 1.80. The fraction of sp³-hybridized carbons (Fsp3) is 0. The van der Waals surface area contributed by atoms with Gasteiger partial charge in [0.25, 0.3) is 0 Å². The molecule has 3 heteroatoms. The van der Waals surface area contributed by atoms with Crippen LogP contribution in [0.15, 0.2) is 30.3 Å². The van der Waals surface area contributed by atoms with Crippen LogP contribution >= 0.6 is 24.6 Å². The molecule has 0 unspecified atom stereocenters. The summed E-state index contributed by atoms with van der Waals surface area (Å²) in [6.45, 7) is 0. The molecule has 0 atom stereocenters. The Labute approximate surface area is 64.9 Å². The van der Waals surface area contributed by atoms with Crippen LogP contribution in [-0.4, -0.2) is 0 Å². The van der Waals surface area contributed by atoms with E-state index in [1.807, 2.05) is 30.3 Å². The minimum Gasteiger partial charge on any atom is -0.230 e. The lowest BCUT2D eigenvalue weighted by Gasteiger charge is -2.04. The molecule has 0 bridgehead atoms. The van der Waals surface area contributed by atoms with Gasteiger partial charge in [0.15, 0.2) is 0 Å². The zero-order chi connectivity index (χ0) is 6.69. The maximum Gasteiger partial charge on any atom is 0.0648 e. The van der Waals surface area contributed by atoms with E-state index in [-0.39, 0.29) is 0 Å². The Hall–Kier alpha value is -0.340. The predicted molar refractivity (Wildman–Crippen MR) is 43.8 cm³/mol. The van der Waals surface area contributed by atoms with Gasteiger partial charge in [-0.2, -0.15) is 0 Å². The number of benzene rings is 1. The second-order valence-corrected chi connectivity index (χ2v) is 2.57. The van der Waals surface area contributed by atoms with Crippen molar-refractivity contribution >= 4 is 30.3 Å². The van der Waals surface area contributed by atoms with E-state index >= 15 is 0 Å². The van der Waals surface area contributed by atoms with Gasteiger partial charge in [0.2, 0.25) is 0 Å². The van der Waals surface area contributed by atoms with Crippen LogP contribution < -0.4 is 3.82 Å². The van der Waals surface area contributed by atoms with Gasteiger partial charge in [-0.3, -0.25) is 0 Å². The normalized spacial score (nSPS) is 9.11. The lowest BCUT2D eigenvalue weighted by molar-refractivity contribution is 1.60. The Morgan fingerprint density at radius 1 is 1.22 bits per heavy atom. The molecule has 1 aromatic rings. The number of anilines is 1. The molecule has 1 aromatic carbocycles. The smallest absolute Gasteiger partial charge is 0.0648 e. The van der Waals surface area contributed by atoms with Gasteiger partial charge in [0.05, 0.1) is 5.69 Å². The Morgan fingerprint density at radius 3 is 2.11 bits per heavy atom. The molecular formula is C6H6ClNS. The van der Waals surface area contributed by atoms with Gasteiger partial charge in [-0.05, 0) is 24.9 Å². The van der Waals surface area contributed by atoms with Crippen molar-refractivity contribution in [2.75, 3.05) is 3.82 Å². The maximum absolute atomic E-state index is 5.50. The first-order chi connectivity index (χ1) is 4.30. The van der Waals surface area contributed by atoms with E-state index in [1.165, 1.54) is 3.82 Å². The highest BCUT2D eigenvalue weighted by Crippen LogP contribution is 2.16. The van der Waals surface area contributed by atoms with Crippen molar-refractivity contribution in [3.63, 3.8) is 0 Å². The van der Waals surface area contributed by atoms with E-state index in [4.69, 9.17) is 11.8 Å². The fourth-order valence-electron chi connectivity index (χ4n) is 0.551. The van der Waals surface area contributed by atoms with Crippen molar-refractivity contribution in [3.8, 4) is 0 Å². The maximum atomic E-state index is 5.50. The molecule has 0 N–H and O–H groups in total. The Bertz CT molecular complexity index is 176. The van der Waals surface area contributed by atoms with Crippen molar-refractivity contribution in [1.29, 1.82) is 0 Å². The van der Waals surface area contributed by atoms with Gasteiger partial charge >= 0.3 is 0 Å². The molecule has 9 heavy (non-hydrogen) atoms. The zero-order valence-electron chi connectivity index (χ0n) is 4.66. The molecular weight excluding hydrogens is 154 g/mol. The van der Waals surface area contributed by atoms with E-state index in [9.17, 15) is 0 Å². The number of thiol groups is 1. The van der Waals surface area contributed by atoms with Gasteiger partial charge in [-0.25, -0.2) is 3.82 Å². The SMILES string of the molecule is SN(Cl)c1ccccc1. The summed E-state index contributed by atoms with van der Waals surface area (Å²) in [5.41, 5.74) is 0.877. The Morgan fingerprint density at radius 2 is 1.78 bits per heavy atom. The molecule has 0 spiro atoms. The first-order valence-electron chi connectivity index (χ1n) is 2.50. The summed E-state index contributed by atoms with van der Waals surface area (Å²) in [7, 11) is 0. The number of rotatable bonds is 1. The summed E-state index contributed by atoms with van der Waals surface area (Å²) < 4.78 is 1.25. The van der Waals surface area contributed by atoms with E-state index in [0.29, 0.717) is 0 Å². The summed E-state index contributed by atoms with van der Waals surface area (Å²) in [6, 6.07) is 9.49. The first kappa shape index (κ1) is 6.78. The van der Waals surface area contributed by atoms with Gasteiger partial charge in [0, 0.05) is 11.8 Å². The predicted octanol–water partition coefficient (Wildman–Crippen LogP) is 2.49. The zero-order valence-corrected chi connectivity index (χ0v) is 6.31. The third-order valence-electron chi connectivity index (χ3n) is 0.969. The molecule has 0 fully saturated rings. The molecule has 0 aromatic heterocycles. The quantitative estimate of drug-likeness (QED) is 0.487. The number of halogens is 1. The number of hydrogen-bond donors (Lipinski definition) is 1. The van der Waals surface area contributed by atoms with E-state index in [1.54, 1.807) is 0 Å². The third-order valence-corrected chi connectivity index (χ3v) is 1.40. The van der Waals surface area contributed by atoms with Gasteiger partial charge in [-0.15, -0.1) is 0 Å². The van der Waals surface area contributed by atoms with Crippen LogP contribution in [0.3, 0.4) is 0 Å². The molecule has 1 rings (SSSR count). The van der Waals surface area contributed by atoms with Crippen molar-refractivity contribution in [2.45, 2.75) is 0 Å². The van der Waals surface area contributed by atoms with Crippen LogP contribution in [0.1, 0.15) is 0 Å². The molecule has 0 aliphatic heterocycles. The van der Waals surface area contributed by atoms with Crippen LogP contribution in [0.25, 0.3) is 0 Å². The molecule has 0 heterocycles. The van der Waals surface area contributed by atoms with Gasteiger partial charge < -0.3 is 0 Å². The second kappa shape index (κ2) is 2.99. The van der Waals surface area contributed by atoms with Crippen LogP contribution in [0.4, 0.5) is 5.69 Å².